The first-order chi connectivity index (χ1) is 10.1. The predicted molar refractivity (Wildman–Crippen MR) is 88.8 cm³/mol. The minimum absolute atomic E-state index is 0. The summed E-state index contributed by atoms with van der Waals surface area (Å²) in [5.74, 6) is 2.03. The molecule has 22 heavy (non-hydrogen) atoms. The number of carbonyl (C=O) groups excluding carboxylic acids is 1. The Morgan fingerprint density at radius 2 is 2.00 bits per heavy atom. The van der Waals surface area contributed by atoms with Gasteiger partial charge in [-0.2, -0.15) is 0 Å². The number of hydrogen-bond acceptors (Lipinski definition) is 4. The van der Waals surface area contributed by atoms with Crippen molar-refractivity contribution in [2.45, 2.75) is 31.7 Å². The van der Waals surface area contributed by atoms with Gasteiger partial charge in [0.2, 0.25) is 5.91 Å². The average molecular weight is 329 g/mol. The Morgan fingerprint density at radius 3 is 2.59 bits per heavy atom. The number of carbonyl (C=O) groups is 1. The number of aryl methyl sites for hydroxylation is 1. The summed E-state index contributed by atoms with van der Waals surface area (Å²) >= 11 is 0. The molecule has 0 aromatic heterocycles. The second kappa shape index (κ2) is 8.86. The highest BCUT2D eigenvalue weighted by Crippen LogP contribution is 2.31. The van der Waals surface area contributed by atoms with Crippen molar-refractivity contribution < 1.29 is 14.3 Å². The Bertz CT molecular complexity index is 492. The van der Waals surface area contributed by atoms with Gasteiger partial charge >= 0.3 is 0 Å². The summed E-state index contributed by atoms with van der Waals surface area (Å²) in [6, 6.07) is 5.82. The number of halogens is 1. The zero-order valence-electron chi connectivity index (χ0n) is 13.1. The molecule has 5 nitrogen and oxygen atoms in total. The number of methoxy groups -OCH3 is 2. The fraction of sp³-hybridized carbons (Fsp3) is 0.562. The summed E-state index contributed by atoms with van der Waals surface area (Å²) in [5.41, 5.74) is 7.01. The van der Waals surface area contributed by atoms with E-state index >= 15 is 0 Å². The number of ether oxygens (including phenoxy) is 2. The van der Waals surface area contributed by atoms with Crippen LogP contribution in [0.1, 0.15) is 24.8 Å². The van der Waals surface area contributed by atoms with Crippen LogP contribution in [0.25, 0.3) is 0 Å². The monoisotopic (exact) mass is 328 g/mol. The third kappa shape index (κ3) is 5.39. The van der Waals surface area contributed by atoms with Crippen LogP contribution in [0.15, 0.2) is 18.2 Å². The Hall–Kier alpha value is -1.46. The first kappa shape index (κ1) is 18.6. The highest BCUT2D eigenvalue weighted by molar-refractivity contribution is 5.85. The van der Waals surface area contributed by atoms with Crippen molar-refractivity contribution in [3.05, 3.63) is 23.8 Å². The summed E-state index contributed by atoms with van der Waals surface area (Å²) in [5, 5.41) is 2.91. The SMILES string of the molecule is COc1ccc(CCC(=O)NCC(N)C2CC2)cc1OC.Cl. The lowest BCUT2D eigenvalue weighted by Gasteiger charge is -2.12. The lowest BCUT2D eigenvalue weighted by molar-refractivity contribution is -0.121. The van der Waals surface area contributed by atoms with Crippen molar-refractivity contribution in [3.8, 4) is 11.5 Å². The van der Waals surface area contributed by atoms with Gasteiger partial charge in [-0.3, -0.25) is 4.79 Å². The van der Waals surface area contributed by atoms with Crippen molar-refractivity contribution in [2.24, 2.45) is 11.7 Å². The Balaban J connectivity index is 0.00000242. The van der Waals surface area contributed by atoms with Crippen molar-refractivity contribution >= 4 is 18.3 Å². The number of hydrogen-bond donors (Lipinski definition) is 2. The predicted octanol–water partition coefficient (Wildman–Crippen LogP) is 1.91. The van der Waals surface area contributed by atoms with Crippen molar-refractivity contribution in [1.29, 1.82) is 0 Å². The molecule has 0 bridgehead atoms. The van der Waals surface area contributed by atoms with E-state index in [1.54, 1.807) is 14.2 Å². The third-order valence-electron chi connectivity index (χ3n) is 3.85. The van der Waals surface area contributed by atoms with Crippen LogP contribution in [0.2, 0.25) is 0 Å². The molecule has 0 radical (unpaired) electrons. The Labute approximate surface area is 138 Å². The fourth-order valence-corrected chi connectivity index (χ4v) is 2.31. The highest BCUT2D eigenvalue weighted by Gasteiger charge is 2.28. The second-order valence-corrected chi connectivity index (χ2v) is 5.49. The molecule has 3 N–H and O–H groups in total. The molecule has 0 saturated heterocycles. The molecule has 2 rings (SSSR count). The van der Waals surface area contributed by atoms with Gasteiger partial charge in [0.25, 0.3) is 0 Å². The quantitative estimate of drug-likeness (QED) is 0.764. The summed E-state index contributed by atoms with van der Waals surface area (Å²) < 4.78 is 10.4. The minimum atomic E-state index is 0. The van der Waals surface area contributed by atoms with Crippen molar-refractivity contribution in [3.63, 3.8) is 0 Å². The molecule has 0 spiro atoms. The maximum atomic E-state index is 11.8. The van der Waals surface area contributed by atoms with Crippen LogP contribution in [-0.4, -0.2) is 32.7 Å². The van der Waals surface area contributed by atoms with E-state index in [1.165, 1.54) is 12.8 Å². The summed E-state index contributed by atoms with van der Waals surface area (Å²) in [4.78, 5) is 11.8. The molecule has 1 saturated carbocycles. The Kier molecular flexibility index (Phi) is 7.48. The van der Waals surface area contributed by atoms with Gasteiger partial charge in [-0.15, -0.1) is 12.4 Å². The van der Waals surface area contributed by atoms with Gasteiger partial charge in [0.05, 0.1) is 14.2 Å². The van der Waals surface area contributed by atoms with E-state index in [9.17, 15) is 4.79 Å². The van der Waals surface area contributed by atoms with E-state index in [1.807, 2.05) is 18.2 Å². The summed E-state index contributed by atoms with van der Waals surface area (Å²) in [6.45, 7) is 0.579. The van der Waals surface area contributed by atoms with Gasteiger partial charge in [-0.05, 0) is 42.9 Å². The smallest absolute Gasteiger partial charge is 0.220 e. The second-order valence-electron chi connectivity index (χ2n) is 5.49. The number of nitrogens with two attached hydrogens (primary N) is 1. The third-order valence-corrected chi connectivity index (χ3v) is 3.85. The van der Waals surface area contributed by atoms with Gasteiger partial charge < -0.3 is 20.5 Å². The number of amides is 1. The molecule has 1 aromatic rings. The van der Waals surface area contributed by atoms with E-state index in [0.29, 0.717) is 36.8 Å². The molecular weight excluding hydrogens is 304 g/mol. The van der Waals surface area contributed by atoms with Crippen LogP contribution in [0.3, 0.4) is 0 Å². The van der Waals surface area contributed by atoms with Gasteiger partial charge in [-0.1, -0.05) is 6.07 Å². The maximum absolute atomic E-state index is 11.8. The van der Waals surface area contributed by atoms with E-state index in [-0.39, 0.29) is 24.4 Å². The fourth-order valence-electron chi connectivity index (χ4n) is 2.31. The van der Waals surface area contributed by atoms with E-state index < -0.39 is 0 Å². The van der Waals surface area contributed by atoms with Gasteiger partial charge in [0.15, 0.2) is 11.5 Å². The molecule has 1 atom stereocenters. The van der Waals surface area contributed by atoms with Gasteiger partial charge in [0, 0.05) is 19.0 Å². The van der Waals surface area contributed by atoms with Crippen molar-refractivity contribution in [2.75, 3.05) is 20.8 Å². The van der Waals surface area contributed by atoms with Crippen molar-refractivity contribution in [1.82, 2.24) is 5.32 Å². The lowest BCUT2D eigenvalue weighted by Crippen LogP contribution is -2.38. The normalized spacial score (nSPS) is 14.7. The van der Waals surface area contributed by atoms with Crippen LogP contribution >= 0.6 is 12.4 Å². The molecule has 1 fully saturated rings. The molecule has 1 aromatic carbocycles. The molecule has 1 aliphatic carbocycles. The summed E-state index contributed by atoms with van der Waals surface area (Å²) in [7, 11) is 3.21. The van der Waals surface area contributed by atoms with Gasteiger partial charge in [-0.25, -0.2) is 0 Å². The lowest BCUT2D eigenvalue weighted by atomic mass is 10.1. The van der Waals surface area contributed by atoms with Crippen LogP contribution in [0, 0.1) is 5.92 Å². The largest absolute Gasteiger partial charge is 0.493 e. The van der Waals surface area contributed by atoms with E-state index in [2.05, 4.69) is 5.32 Å². The van der Waals surface area contributed by atoms with Crippen LogP contribution in [-0.2, 0) is 11.2 Å². The van der Waals surface area contributed by atoms with Gasteiger partial charge in [0.1, 0.15) is 0 Å². The van der Waals surface area contributed by atoms with E-state index in [0.717, 1.165) is 5.56 Å². The number of rotatable bonds is 8. The molecular formula is C16H25ClN2O3. The van der Waals surface area contributed by atoms with Crippen LogP contribution in [0.5, 0.6) is 11.5 Å². The standard InChI is InChI=1S/C16H24N2O3.ClH/c1-20-14-7-3-11(9-15(14)21-2)4-8-16(19)18-10-13(17)12-5-6-12;/h3,7,9,12-13H,4-6,8,10,17H2,1-2H3,(H,18,19);1H. The topological polar surface area (TPSA) is 73.6 Å². The molecule has 1 unspecified atom stereocenters. The Morgan fingerprint density at radius 1 is 1.32 bits per heavy atom. The number of benzene rings is 1. The average Bonchev–Trinajstić information content (AvgIpc) is 3.35. The molecule has 0 heterocycles. The zero-order chi connectivity index (χ0) is 15.2. The van der Waals surface area contributed by atoms with Crippen LogP contribution in [0.4, 0.5) is 0 Å². The zero-order valence-corrected chi connectivity index (χ0v) is 13.9. The molecule has 0 aliphatic heterocycles. The molecule has 1 amide bonds. The first-order valence-electron chi connectivity index (χ1n) is 7.37. The van der Waals surface area contributed by atoms with Crippen LogP contribution < -0.4 is 20.5 Å². The van der Waals surface area contributed by atoms with E-state index in [4.69, 9.17) is 15.2 Å². The maximum Gasteiger partial charge on any atom is 0.220 e. The highest BCUT2D eigenvalue weighted by atomic mass is 35.5. The summed E-state index contributed by atoms with van der Waals surface area (Å²) in [6.07, 6.45) is 3.52. The first-order valence-corrected chi connectivity index (χ1v) is 7.37. The number of nitrogens with one attached hydrogen (secondary N) is 1. The minimum Gasteiger partial charge on any atom is -0.493 e. The molecule has 1 aliphatic rings. The molecule has 6 heteroatoms. The molecule has 124 valence electrons.